The molecule has 110 valence electrons. The topological polar surface area (TPSA) is 76.7 Å². The molecule has 1 aliphatic rings. The van der Waals surface area contributed by atoms with E-state index in [4.69, 9.17) is 21.7 Å². The van der Waals surface area contributed by atoms with E-state index >= 15 is 0 Å². The van der Waals surface area contributed by atoms with E-state index in [1.54, 1.807) is 24.3 Å². The number of carbonyl (C=O) groups excluding carboxylic acids is 2. The van der Waals surface area contributed by atoms with Crippen molar-refractivity contribution in [3.8, 4) is 11.5 Å². The van der Waals surface area contributed by atoms with Crippen molar-refractivity contribution in [2.45, 2.75) is 13.8 Å². The maximum atomic E-state index is 11.6. The standard InChI is InChI=1S/C14H14N2O4S/c1-3-19-12-7-9(4-5-11(12)20-8(2)17)6-10-13(18)16-14(21)15-10/h4-7H,3H2,1-2H3,(H2,15,16,18,21)/b10-6+. The first kappa shape index (κ1) is 15.0. The Labute approximate surface area is 127 Å². The highest BCUT2D eigenvalue weighted by molar-refractivity contribution is 7.80. The summed E-state index contributed by atoms with van der Waals surface area (Å²) < 4.78 is 10.5. The van der Waals surface area contributed by atoms with Gasteiger partial charge in [0.1, 0.15) is 5.70 Å². The van der Waals surface area contributed by atoms with Crippen LogP contribution in [-0.4, -0.2) is 23.6 Å². The van der Waals surface area contributed by atoms with Crippen molar-refractivity contribution in [1.29, 1.82) is 0 Å². The molecule has 1 saturated heterocycles. The summed E-state index contributed by atoms with van der Waals surface area (Å²) in [6, 6.07) is 5.01. The quantitative estimate of drug-likeness (QED) is 0.378. The van der Waals surface area contributed by atoms with E-state index in [1.165, 1.54) is 6.92 Å². The van der Waals surface area contributed by atoms with Gasteiger partial charge in [0.05, 0.1) is 6.61 Å². The maximum absolute atomic E-state index is 11.6. The summed E-state index contributed by atoms with van der Waals surface area (Å²) in [6.45, 7) is 3.57. The number of ether oxygens (including phenoxy) is 2. The number of rotatable bonds is 4. The van der Waals surface area contributed by atoms with Crippen LogP contribution in [0, 0.1) is 0 Å². The van der Waals surface area contributed by atoms with Crippen LogP contribution in [0.4, 0.5) is 0 Å². The molecule has 1 amide bonds. The maximum Gasteiger partial charge on any atom is 0.308 e. The average Bonchev–Trinajstić information content (AvgIpc) is 2.71. The minimum absolute atomic E-state index is 0.271. The molecule has 2 rings (SSSR count). The lowest BCUT2D eigenvalue weighted by Gasteiger charge is -2.10. The Morgan fingerprint density at radius 3 is 2.67 bits per heavy atom. The molecule has 0 saturated carbocycles. The second-order valence-corrected chi connectivity index (χ2v) is 4.61. The van der Waals surface area contributed by atoms with Crippen LogP contribution in [0.15, 0.2) is 23.9 Å². The first-order valence-corrected chi connectivity index (χ1v) is 6.69. The lowest BCUT2D eigenvalue weighted by Crippen LogP contribution is -2.21. The van der Waals surface area contributed by atoms with E-state index in [9.17, 15) is 9.59 Å². The highest BCUT2D eigenvalue weighted by Crippen LogP contribution is 2.29. The molecule has 1 fully saturated rings. The molecule has 0 unspecified atom stereocenters. The van der Waals surface area contributed by atoms with E-state index < -0.39 is 5.97 Å². The van der Waals surface area contributed by atoms with Crippen LogP contribution in [0.5, 0.6) is 11.5 Å². The zero-order valence-corrected chi connectivity index (χ0v) is 12.4. The molecule has 21 heavy (non-hydrogen) atoms. The van der Waals surface area contributed by atoms with Crippen LogP contribution < -0.4 is 20.1 Å². The van der Waals surface area contributed by atoms with Crippen molar-refractivity contribution < 1.29 is 19.1 Å². The van der Waals surface area contributed by atoms with Gasteiger partial charge in [-0.2, -0.15) is 0 Å². The molecular weight excluding hydrogens is 292 g/mol. The lowest BCUT2D eigenvalue weighted by atomic mass is 10.1. The van der Waals surface area contributed by atoms with E-state index in [0.717, 1.165) is 5.56 Å². The summed E-state index contributed by atoms with van der Waals surface area (Å²) in [5.74, 6) is 0.0557. The Bertz CT molecular complexity index is 640. The molecule has 1 aliphatic heterocycles. The SMILES string of the molecule is CCOc1cc(/C=C2/NC(=S)NC2=O)ccc1OC(C)=O. The van der Waals surface area contributed by atoms with Gasteiger partial charge >= 0.3 is 5.97 Å². The van der Waals surface area contributed by atoms with E-state index in [-0.39, 0.29) is 11.0 Å². The molecule has 0 radical (unpaired) electrons. The minimum Gasteiger partial charge on any atom is -0.490 e. The molecule has 1 aromatic carbocycles. The van der Waals surface area contributed by atoms with Crippen molar-refractivity contribution in [2.75, 3.05) is 6.61 Å². The zero-order chi connectivity index (χ0) is 15.4. The van der Waals surface area contributed by atoms with E-state index in [1.807, 2.05) is 6.92 Å². The molecule has 2 N–H and O–H groups in total. The summed E-state index contributed by atoms with van der Waals surface area (Å²) in [4.78, 5) is 22.6. The van der Waals surface area contributed by atoms with Gasteiger partial charge in [-0.25, -0.2) is 0 Å². The first-order valence-electron chi connectivity index (χ1n) is 6.29. The number of hydrogen-bond acceptors (Lipinski definition) is 5. The monoisotopic (exact) mass is 306 g/mol. The van der Waals surface area contributed by atoms with Gasteiger partial charge in [0.25, 0.3) is 5.91 Å². The fourth-order valence-corrected chi connectivity index (χ4v) is 1.97. The van der Waals surface area contributed by atoms with Crippen LogP contribution in [0.1, 0.15) is 19.4 Å². The normalized spacial score (nSPS) is 15.6. The molecule has 0 aliphatic carbocycles. The molecule has 6 nitrogen and oxygen atoms in total. The number of esters is 1. The molecule has 0 atom stereocenters. The third-order valence-corrected chi connectivity index (χ3v) is 2.76. The molecule has 0 aromatic heterocycles. The third-order valence-electron chi connectivity index (χ3n) is 2.55. The Kier molecular flexibility index (Phi) is 4.54. The fourth-order valence-electron chi connectivity index (χ4n) is 1.77. The molecular formula is C14H14N2O4S. The molecule has 7 heteroatoms. The number of carbonyl (C=O) groups is 2. The predicted octanol–water partition coefficient (Wildman–Crippen LogP) is 1.36. The van der Waals surface area contributed by atoms with Crippen molar-refractivity contribution in [2.24, 2.45) is 0 Å². The Morgan fingerprint density at radius 2 is 2.10 bits per heavy atom. The van der Waals surface area contributed by atoms with Crippen molar-refractivity contribution >= 4 is 35.3 Å². The van der Waals surface area contributed by atoms with Gasteiger partial charge in [0.2, 0.25) is 0 Å². The van der Waals surface area contributed by atoms with E-state index in [2.05, 4.69) is 10.6 Å². The van der Waals surface area contributed by atoms with Gasteiger partial charge in [-0.05, 0) is 42.9 Å². The molecule has 0 bridgehead atoms. The number of nitrogens with one attached hydrogen (secondary N) is 2. The Morgan fingerprint density at radius 1 is 1.33 bits per heavy atom. The summed E-state index contributed by atoms with van der Waals surface area (Å²) in [6.07, 6.45) is 1.63. The van der Waals surface area contributed by atoms with Gasteiger partial charge in [0, 0.05) is 6.92 Å². The summed E-state index contributed by atoms with van der Waals surface area (Å²) in [5.41, 5.74) is 1.07. The smallest absolute Gasteiger partial charge is 0.308 e. The van der Waals surface area contributed by atoms with Crippen molar-refractivity contribution in [1.82, 2.24) is 10.6 Å². The second kappa shape index (κ2) is 6.36. The molecule has 0 spiro atoms. The van der Waals surface area contributed by atoms with Crippen LogP contribution >= 0.6 is 12.2 Å². The first-order chi connectivity index (χ1) is 9.99. The van der Waals surface area contributed by atoms with Gasteiger partial charge in [0.15, 0.2) is 16.6 Å². The number of amides is 1. The predicted molar refractivity (Wildman–Crippen MR) is 80.8 cm³/mol. The van der Waals surface area contributed by atoms with Gasteiger partial charge < -0.3 is 14.8 Å². The molecule has 1 aromatic rings. The fraction of sp³-hybridized carbons (Fsp3) is 0.214. The minimum atomic E-state index is -0.427. The average molecular weight is 306 g/mol. The Balaban J connectivity index is 2.31. The van der Waals surface area contributed by atoms with Crippen LogP contribution in [0.3, 0.4) is 0 Å². The summed E-state index contributed by atoms with van der Waals surface area (Å²) >= 11 is 4.86. The van der Waals surface area contributed by atoms with E-state index in [0.29, 0.717) is 23.8 Å². The molecule has 1 heterocycles. The highest BCUT2D eigenvalue weighted by atomic mass is 32.1. The van der Waals surface area contributed by atoms with Crippen molar-refractivity contribution in [3.05, 3.63) is 29.5 Å². The largest absolute Gasteiger partial charge is 0.490 e. The lowest BCUT2D eigenvalue weighted by molar-refractivity contribution is -0.132. The van der Waals surface area contributed by atoms with Crippen LogP contribution in [0.2, 0.25) is 0 Å². The zero-order valence-electron chi connectivity index (χ0n) is 11.6. The highest BCUT2D eigenvalue weighted by Gasteiger charge is 2.20. The third kappa shape index (κ3) is 3.79. The van der Waals surface area contributed by atoms with Gasteiger partial charge in [-0.15, -0.1) is 0 Å². The van der Waals surface area contributed by atoms with Crippen LogP contribution in [-0.2, 0) is 9.59 Å². The summed E-state index contributed by atoms with van der Waals surface area (Å²) in [5, 5.41) is 5.50. The van der Waals surface area contributed by atoms with Gasteiger partial charge in [-0.1, -0.05) is 6.07 Å². The number of benzene rings is 1. The summed E-state index contributed by atoms with van der Waals surface area (Å²) in [7, 11) is 0. The second-order valence-electron chi connectivity index (χ2n) is 4.20. The number of thiocarbonyl (C=S) groups is 1. The van der Waals surface area contributed by atoms with Crippen LogP contribution in [0.25, 0.3) is 6.08 Å². The van der Waals surface area contributed by atoms with Crippen molar-refractivity contribution in [3.63, 3.8) is 0 Å². The Hall–Kier alpha value is -2.41. The van der Waals surface area contributed by atoms with Gasteiger partial charge in [-0.3, -0.25) is 14.9 Å². The number of hydrogen-bond donors (Lipinski definition) is 2.